The molecule has 0 aliphatic heterocycles. The van der Waals surface area contributed by atoms with Gasteiger partial charge in [0, 0.05) is 11.8 Å². The lowest BCUT2D eigenvalue weighted by molar-refractivity contribution is 0.0690. The van der Waals surface area contributed by atoms with Crippen molar-refractivity contribution in [2.45, 2.75) is 26.2 Å². The SMILES string of the molecule is Cc1ccc(C(=O)O)c(OCC2(CC#N)CC2)c1. The summed E-state index contributed by atoms with van der Waals surface area (Å²) in [4.78, 5) is 11.1. The number of nitriles is 1. The first-order valence-electron chi connectivity index (χ1n) is 5.90. The molecule has 1 saturated carbocycles. The summed E-state index contributed by atoms with van der Waals surface area (Å²) in [6, 6.07) is 7.19. The number of rotatable bonds is 5. The number of carbonyl (C=O) groups is 1. The fraction of sp³-hybridized carbons (Fsp3) is 0.429. The van der Waals surface area contributed by atoms with Gasteiger partial charge < -0.3 is 9.84 Å². The monoisotopic (exact) mass is 245 g/mol. The first-order chi connectivity index (χ1) is 8.56. The zero-order valence-corrected chi connectivity index (χ0v) is 10.3. The maximum Gasteiger partial charge on any atom is 0.339 e. The number of carboxylic acid groups (broad SMARTS) is 1. The van der Waals surface area contributed by atoms with E-state index in [2.05, 4.69) is 6.07 Å². The van der Waals surface area contributed by atoms with Crippen LogP contribution in [0.15, 0.2) is 18.2 Å². The molecule has 0 aromatic heterocycles. The predicted molar refractivity (Wildman–Crippen MR) is 65.5 cm³/mol. The van der Waals surface area contributed by atoms with E-state index < -0.39 is 5.97 Å². The van der Waals surface area contributed by atoms with Gasteiger partial charge in [-0.05, 0) is 37.5 Å². The zero-order valence-electron chi connectivity index (χ0n) is 10.3. The fourth-order valence-corrected chi connectivity index (χ4v) is 1.87. The molecule has 1 aromatic rings. The molecule has 0 atom stereocenters. The number of carboxylic acids is 1. The molecular weight excluding hydrogens is 230 g/mol. The van der Waals surface area contributed by atoms with E-state index >= 15 is 0 Å². The second kappa shape index (κ2) is 4.69. The van der Waals surface area contributed by atoms with Crippen LogP contribution in [-0.4, -0.2) is 17.7 Å². The smallest absolute Gasteiger partial charge is 0.339 e. The highest BCUT2D eigenvalue weighted by Gasteiger charge is 2.43. The molecule has 1 N–H and O–H groups in total. The number of hydrogen-bond acceptors (Lipinski definition) is 3. The van der Waals surface area contributed by atoms with E-state index in [1.807, 2.05) is 6.92 Å². The van der Waals surface area contributed by atoms with Crippen LogP contribution in [0.2, 0.25) is 0 Å². The van der Waals surface area contributed by atoms with Gasteiger partial charge in [-0.1, -0.05) is 6.07 Å². The quantitative estimate of drug-likeness (QED) is 0.865. The van der Waals surface area contributed by atoms with Crippen LogP contribution in [-0.2, 0) is 0 Å². The third-order valence-corrected chi connectivity index (χ3v) is 3.31. The van der Waals surface area contributed by atoms with Crippen LogP contribution in [0.1, 0.15) is 35.2 Å². The molecule has 0 amide bonds. The standard InChI is InChI=1S/C14H15NO3/c1-10-2-3-11(13(16)17)12(8-10)18-9-14(4-5-14)6-7-15/h2-3,8H,4-6,9H2,1H3,(H,16,17). The Hall–Kier alpha value is -2.02. The minimum Gasteiger partial charge on any atom is -0.492 e. The summed E-state index contributed by atoms with van der Waals surface area (Å²) in [5.41, 5.74) is 1.09. The van der Waals surface area contributed by atoms with Gasteiger partial charge in [-0.2, -0.15) is 5.26 Å². The maximum absolute atomic E-state index is 11.1. The predicted octanol–water partition coefficient (Wildman–Crippen LogP) is 2.77. The fourth-order valence-electron chi connectivity index (χ4n) is 1.87. The second-order valence-corrected chi connectivity index (χ2v) is 4.93. The summed E-state index contributed by atoms with van der Waals surface area (Å²) in [5, 5.41) is 17.8. The minimum atomic E-state index is -0.991. The third-order valence-electron chi connectivity index (χ3n) is 3.31. The molecule has 2 rings (SSSR count). The van der Waals surface area contributed by atoms with Gasteiger partial charge in [0.15, 0.2) is 0 Å². The van der Waals surface area contributed by atoms with Gasteiger partial charge >= 0.3 is 5.97 Å². The summed E-state index contributed by atoms with van der Waals surface area (Å²) < 4.78 is 5.63. The highest BCUT2D eigenvalue weighted by atomic mass is 16.5. The average molecular weight is 245 g/mol. The Morgan fingerprint density at radius 1 is 1.56 bits per heavy atom. The van der Waals surface area contributed by atoms with Crippen LogP contribution in [0.3, 0.4) is 0 Å². The lowest BCUT2D eigenvalue weighted by atomic mass is 10.1. The number of hydrogen-bond donors (Lipinski definition) is 1. The van der Waals surface area contributed by atoms with Crippen LogP contribution in [0.4, 0.5) is 0 Å². The summed E-state index contributed by atoms with van der Waals surface area (Å²) in [6.45, 7) is 2.31. The Bertz CT molecular complexity index is 512. The largest absolute Gasteiger partial charge is 0.492 e. The Labute approximate surface area is 106 Å². The van der Waals surface area contributed by atoms with Crippen molar-refractivity contribution in [3.05, 3.63) is 29.3 Å². The van der Waals surface area contributed by atoms with Crippen molar-refractivity contribution in [2.24, 2.45) is 5.41 Å². The molecule has 18 heavy (non-hydrogen) atoms. The molecule has 0 saturated heterocycles. The number of benzene rings is 1. The highest BCUT2D eigenvalue weighted by Crippen LogP contribution is 2.48. The van der Waals surface area contributed by atoms with Gasteiger partial charge in [0.2, 0.25) is 0 Å². The molecule has 94 valence electrons. The highest BCUT2D eigenvalue weighted by molar-refractivity contribution is 5.90. The number of ether oxygens (including phenoxy) is 1. The Morgan fingerprint density at radius 3 is 2.83 bits per heavy atom. The van der Waals surface area contributed by atoms with E-state index in [-0.39, 0.29) is 11.0 Å². The van der Waals surface area contributed by atoms with Gasteiger partial charge in [0.25, 0.3) is 0 Å². The summed E-state index contributed by atoms with van der Waals surface area (Å²) >= 11 is 0. The zero-order chi connectivity index (χ0) is 13.2. The maximum atomic E-state index is 11.1. The van der Waals surface area contributed by atoms with Crippen molar-refractivity contribution in [2.75, 3.05) is 6.61 Å². The van der Waals surface area contributed by atoms with E-state index in [1.54, 1.807) is 18.2 Å². The number of aryl methyl sites for hydroxylation is 1. The van der Waals surface area contributed by atoms with E-state index in [0.717, 1.165) is 18.4 Å². The molecule has 0 spiro atoms. The van der Waals surface area contributed by atoms with Gasteiger partial charge in [-0.25, -0.2) is 4.79 Å². The van der Waals surface area contributed by atoms with Crippen LogP contribution < -0.4 is 4.74 Å². The van der Waals surface area contributed by atoms with Crippen molar-refractivity contribution in [3.63, 3.8) is 0 Å². The van der Waals surface area contributed by atoms with Crippen molar-refractivity contribution in [3.8, 4) is 11.8 Å². The van der Waals surface area contributed by atoms with Crippen molar-refractivity contribution >= 4 is 5.97 Å². The molecule has 0 heterocycles. The van der Waals surface area contributed by atoms with E-state index in [9.17, 15) is 4.79 Å². The number of nitrogens with zero attached hydrogens (tertiary/aromatic N) is 1. The molecule has 1 aromatic carbocycles. The summed E-state index contributed by atoms with van der Waals surface area (Å²) in [6.07, 6.45) is 2.44. The molecule has 1 fully saturated rings. The van der Waals surface area contributed by atoms with E-state index in [4.69, 9.17) is 15.1 Å². The van der Waals surface area contributed by atoms with Crippen LogP contribution in [0.25, 0.3) is 0 Å². The molecule has 4 heteroatoms. The van der Waals surface area contributed by atoms with Crippen molar-refractivity contribution in [1.82, 2.24) is 0 Å². The molecule has 1 aliphatic rings. The van der Waals surface area contributed by atoms with Crippen molar-refractivity contribution in [1.29, 1.82) is 5.26 Å². The number of aromatic carboxylic acids is 1. The average Bonchev–Trinajstić information content (AvgIpc) is 3.07. The van der Waals surface area contributed by atoms with Crippen molar-refractivity contribution < 1.29 is 14.6 Å². The first kappa shape index (κ1) is 12.4. The molecule has 0 radical (unpaired) electrons. The van der Waals surface area contributed by atoms with Crippen LogP contribution in [0.5, 0.6) is 5.75 Å². The first-order valence-corrected chi connectivity index (χ1v) is 5.90. The molecular formula is C14H15NO3. The molecule has 4 nitrogen and oxygen atoms in total. The molecule has 1 aliphatic carbocycles. The topological polar surface area (TPSA) is 70.3 Å². The Kier molecular flexibility index (Phi) is 3.24. The lowest BCUT2D eigenvalue weighted by Gasteiger charge is -2.14. The Morgan fingerprint density at radius 2 is 2.28 bits per heavy atom. The summed E-state index contributed by atoms with van der Waals surface area (Å²) in [7, 11) is 0. The van der Waals surface area contributed by atoms with Gasteiger partial charge in [0.1, 0.15) is 11.3 Å². The third kappa shape index (κ3) is 2.62. The second-order valence-electron chi connectivity index (χ2n) is 4.93. The van der Waals surface area contributed by atoms with E-state index in [1.165, 1.54) is 0 Å². The molecule has 0 bridgehead atoms. The normalized spacial score (nSPS) is 15.8. The van der Waals surface area contributed by atoms with Crippen LogP contribution in [0, 0.1) is 23.7 Å². The molecule has 0 unspecified atom stereocenters. The summed E-state index contributed by atoms with van der Waals surface area (Å²) in [5.74, 6) is -0.596. The van der Waals surface area contributed by atoms with E-state index in [0.29, 0.717) is 18.8 Å². The lowest BCUT2D eigenvalue weighted by Crippen LogP contribution is -2.14. The minimum absolute atomic E-state index is 0.0474. The van der Waals surface area contributed by atoms with Gasteiger partial charge in [-0.3, -0.25) is 0 Å². The van der Waals surface area contributed by atoms with Crippen LogP contribution >= 0.6 is 0 Å². The Balaban J connectivity index is 2.11. The van der Waals surface area contributed by atoms with Gasteiger partial charge in [0.05, 0.1) is 12.7 Å². The van der Waals surface area contributed by atoms with Gasteiger partial charge in [-0.15, -0.1) is 0 Å².